The molecular formula is C18H20N2O2S. The summed E-state index contributed by atoms with van der Waals surface area (Å²) in [6, 6.07) is 7.78. The normalized spacial score (nSPS) is 10.8. The summed E-state index contributed by atoms with van der Waals surface area (Å²) in [5, 5.41) is 5.98. The highest BCUT2D eigenvalue weighted by atomic mass is 32.1. The topological polar surface area (TPSA) is 54.3 Å². The molecule has 0 saturated heterocycles. The second kappa shape index (κ2) is 7.24. The minimum absolute atomic E-state index is 0.269. The van der Waals surface area contributed by atoms with Crippen LogP contribution in [0.2, 0.25) is 0 Å². The first-order valence-electron chi connectivity index (χ1n) is 7.29. The maximum Gasteiger partial charge on any atom is 0.250 e. The predicted molar refractivity (Wildman–Crippen MR) is 97.5 cm³/mol. The number of carbonyl (C=O) groups is 1. The SMILES string of the molecule is Cc1cc(C)c(NC(=S)NC(=O)/C=C/c2ccc(C)o2)c(C)c1. The largest absolute Gasteiger partial charge is 0.462 e. The van der Waals surface area contributed by atoms with Crippen molar-refractivity contribution in [2.75, 3.05) is 5.32 Å². The van der Waals surface area contributed by atoms with Gasteiger partial charge in [-0.2, -0.15) is 0 Å². The molecule has 0 unspecified atom stereocenters. The van der Waals surface area contributed by atoms with Crippen molar-refractivity contribution in [1.82, 2.24) is 5.32 Å². The Morgan fingerprint density at radius 2 is 1.78 bits per heavy atom. The number of amides is 1. The van der Waals surface area contributed by atoms with Crippen LogP contribution in [0.5, 0.6) is 0 Å². The third kappa shape index (κ3) is 4.79. The summed E-state index contributed by atoms with van der Waals surface area (Å²) < 4.78 is 5.36. The van der Waals surface area contributed by atoms with E-state index in [9.17, 15) is 4.79 Å². The van der Waals surface area contributed by atoms with Crippen molar-refractivity contribution in [1.29, 1.82) is 0 Å². The van der Waals surface area contributed by atoms with Crippen LogP contribution in [-0.4, -0.2) is 11.0 Å². The van der Waals surface area contributed by atoms with E-state index in [0.717, 1.165) is 22.6 Å². The molecule has 1 heterocycles. The number of nitrogens with one attached hydrogen (secondary N) is 2. The Balaban J connectivity index is 1.97. The van der Waals surface area contributed by atoms with Crippen molar-refractivity contribution >= 4 is 35.0 Å². The number of hydrogen-bond donors (Lipinski definition) is 2. The van der Waals surface area contributed by atoms with Crippen molar-refractivity contribution < 1.29 is 9.21 Å². The van der Waals surface area contributed by atoms with Gasteiger partial charge in [-0.1, -0.05) is 17.7 Å². The summed E-state index contributed by atoms with van der Waals surface area (Å²) in [7, 11) is 0. The molecule has 2 rings (SSSR count). The molecule has 120 valence electrons. The average Bonchev–Trinajstić information content (AvgIpc) is 2.86. The lowest BCUT2D eigenvalue weighted by Crippen LogP contribution is -2.33. The van der Waals surface area contributed by atoms with Gasteiger partial charge in [0.25, 0.3) is 0 Å². The van der Waals surface area contributed by atoms with E-state index in [0.29, 0.717) is 5.76 Å². The van der Waals surface area contributed by atoms with Crippen LogP contribution in [0.3, 0.4) is 0 Å². The molecule has 0 fully saturated rings. The first-order valence-corrected chi connectivity index (χ1v) is 7.70. The third-order valence-electron chi connectivity index (χ3n) is 3.31. The van der Waals surface area contributed by atoms with E-state index in [1.807, 2.05) is 33.8 Å². The highest BCUT2D eigenvalue weighted by Gasteiger charge is 2.07. The lowest BCUT2D eigenvalue weighted by Gasteiger charge is -2.14. The molecule has 1 aromatic heterocycles. The van der Waals surface area contributed by atoms with Crippen molar-refractivity contribution in [3.8, 4) is 0 Å². The van der Waals surface area contributed by atoms with E-state index in [-0.39, 0.29) is 11.0 Å². The molecule has 0 saturated carbocycles. The number of aryl methyl sites for hydroxylation is 4. The Hall–Kier alpha value is -2.40. The Kier molecular flexibility index (Phi) is 5.34. The fourth-order valence-corrected chi connectivity index (χ4v) is 2.58. The van der Waals surface area contributed by atoms with Gasteiger partial charge >= 0.3 is 0 Å². The molecule has 4 nitrogen and oxygen atoms in total. The van der Waals surface area contributed by atoms with Crippen molar-refractivity contribution in [3.05, 3.63) is 58.6 Å². The molecule has 2 N–H and O–H groups in total. The van der Waals surface area contributed by atoms with Crippen LogP contribution in [-0.2, 0) is 4.79 Å². The van der Waals surface area contributed by atoms with Gasteiger partial charge in [0.2, 0.25) is 5.91 Å². The zero-order chi connectivity index (χ0) is 17.0. The Morgan fingerprint density at radius 1 is 1.13 bits per heavy atom. The quantitative estimate of drug-likeness (QED) is 0.659. The van der Waals surface area contributed by atoms with Crippen molar-refractivity contribution in [3.63, 3.8) is 0 Å². The fourth-order valence-electron chi connectivity index (χ4n) is 2.38. The minimum Gasteiger partial charge on any atom is -0.462 e. The van der Waals surface area contributed by atoms with Gasteiger partial charge in [-0.25, -0.2) is 0 Å². The Labute approximate surface area is 141 Å². The molecule has 0 aliphatic carbocycles. The van der Waals surface area contributed by atoms with Gasteiger partial charge in [0.15, 0.2) is 5.11 Å². The highest BCUT2D eigenvalue weighted by molar-refractivity contribution is 7.80. The van der Waals surface area contributed by atoms with E-state index in [1.54, 1.807) is 12.1 Å². The molecule has 5 heteroatoms. The number of carbonyl (C=O) groups excluding carboxylic acids is 1. The monoisotopic (exact) mass is 328 g/mol. The van der Waals surface area contributed by atoms with Gasteiger partial charge in [-0.05, 0) is 69.2 Å². The summed E-state index contributed by atoms with van der Waals surface area (Å²) in [6.45, 7) is 7.91. The Morgan fingerprint density at radius 3 is 2.35 bits per heavy atom. The second-order valence-corrected chi connectivity index (χ2v) is 5.91. The third-order valence-corrected chi connectivity index (χ3v) is 3.52. The van der Waals surface area contributed by atoms with E-state index in [1.165, 1.54) is 11.6 Å². The molecule has 0 spiro atoms. The van der Waals surface area contributed by atoms with E-state index in [4.69, 9.17) is 16.6 Å². The average molecular weight is 328 g/mol. The molecule has 23 heavy (non-hydrogen) atoms. The number of benzene rings is 1. The molecule has 0 atom stereocenters. The zero-order valence-corrected chi connectivity index (χ0v) is 14.5. The van der Waals surface area contributed by atoms with Crippen molar-refractivity contribution in [2.24, 2.45) is 0 Å². The lowest BCUT2D eigenvalue weighted by atomic mass is 10.1. The minimum atomic E-state index is -0.307. The van der Waals surface area contributed by atoms with Gasteiger partial charge in [-0.3, -0.25) is 10.1 Å². The molecule has 2 aromatic rings. The van der Waals surface area contributed by atoms with Crippen LogP contribution in [0.1, 0.15) is 28.2 Å². The van der Waals surface area contributed by atoms with Crippen LogP contribution in [0.15, 0.2) is 34.8 Å². The smallest absolute Gasteiger partial charge is 0.250 e. The van der Waals surface area contributed by atoms with Gasteiger partial charge in [0, 0.05) is 11.8 Å². The fraction of sp³-hybridized carbons (Fsp3) is 0.222. The summed E-state index contributed by atoms with van der Waals surface area (Å²) in [5.74, 6) is 1.12. The van der Waals surface area contributed by atoms with Crippen LogP contribution in [0.25, 0.3) is 6.08 Å². The van der Waals surface area contributed by atoms with Crippen LogP contribution >= 0.6 is 12.2 Å². The van der Waals surface area contributed by atoms with Crippen LogP contribution in [0.4, 0.5) is 5.69 Å². The van der Waals surface area contributed by atoms with Crippen LogP contribution in [0, 0.1) is 27.7 Å². The number of thiocarbonyl (C=S) groups is 1. The number of hydrogen-bond acceptors (Lipinski definition) is 3. The summed E-state index contributed by atoms with van der Waals surface area (Å²) in [5.41, 5.74) is 4.28. The van der Waals surface area contributed by atoms with Gasteiger partial charge in [-0.15, -0.1) is 0 Å². The molecule has 0 aliphatic rings. The van der Waals surface area contributed by atoms with Gasteiger partial charge < -0.3 is 9.73 Å². The Bertz CT molecular complexity index is 752. The molecule has 0 aliphatic heterocycles. The summed E-state index contributed by atoms with van der Waals surface area (Å²) >= 11 is 5.20. The summed E-state index contributed by atoms with van der Waals surface area (Å²) in [4.78, 5) is 11.9. The summed E-state index contributed by atoms with van der Waals surface area (Å²) in [6.07, 6.45) is 2.99. The molecular weight excluding hydrogens is 308 g/mol. The molecule has 0 bridgehead atoms. The maximum absolute atomic E-state index is 11.9. The first kappa shape index (κ1) is 17.0. The predicted octanol–water partition coefficient (Wildman–Crippen LogP) is 4.04. The molecule has 0 radical (unpaired) electrons. The van der Waals surface area contributed by atoms with Crippen molar-refractivity contribution in [2.45, 2.75) is 27.7 Å². The number of furan rings is 1. The maximum atomic E-state index is 11.9. The lowest BCUT2D eigenvalue weighted by molar-refractivity contribution is -0.115. The van der Waals surface area contributed by atoms with Gasteiger partial charge in [0.1, 0.15) is 11.5 Å². The first-order chi connectivity index (χ1) is 10.8. The molecule has 1 amide bonds. The highest BCUT2D eigenvalue weighted by Crippen LogP contribution is 2.21. The van der Waals surface area contributed by atoms with E-state index >= 15 is 0 Å². The number of rotatable bonds is 3. The standard InChI is InChI=1S/C18H20N2O2S/c1-11-9-12(2)17(13(3)10-11)20-18(23)19-16(21)8-7-15-6-5-14(4)22-15/h5-10H,1-4H3,(H2,19,20,21,23)/b8-7+. The zero-order valence-electron chi connectivity index (χ0n) is 13.7. The number of anilines is 1. The second-order valence-electron chi connectivity index (χ2n) is 5.50. The van der Waals surface area contributed by atoms with E-state index < -0.39 is 0 Å². The van der Waals surface area contributed by atoms with E-state index in [2.05, 4.69) is 22.8 Å². The van der Waals surface area contributed by atoms with Crippen LogP contribution < -0.4 is 10.6 Å². The van der Waals surface area contributed by atoms with Gasteiger partial charge in [0.05, 0.1) is 0 Å². The molecule has 1 aromatic carbocycles.